The highest BCUT2D eigenvalue weighted by Gasteiger charge is 2.45. The molecule has 1 aliphatic carbocycles. The number of piperazine rings is 1. The number of amides is 4. The largest absolute Gasteiger partial charge is 0.489 e. The molecule has 2 saturated heterocycles. The summed E-state index contributed by atoms with van der Waals surface area (Å²) in [6.07, 6.45) is 9.88. The quantitative estimate of drug-likeness (QED) is 0.151. The molecule has 0 bridgehead atoms. The lowest BCUT2D eigenvalue weighted by Gasteiger charge is -2.39. The van der Waals surface area contributed by atoms with Gasteiger partial charge < -0.3 is 15.4 Å². The molecule has 3 fully saturated rings. The maximum absolute atomic E-state index is 15.4. The summed E-state index contributed by atoms with van der Waals surface area (Å²) in [5, 5.41) is 7.19. The Kier molecular flexibility index (Phi) is 10.9. The third-order valence-electron chi connectivity index (χ3n) is 11.5. The Morgan fingerprint density at radius 2 is 1.61 bits per heavy atom. The van der Waals surface area contributed by atoms with Crippen molar-refractivity contribution in [1.82, 2.24) is 29.9 Å². The van der Waals surface area contributed by atoms with Crippen LogP contribution in [0.5, 0.6) is 5.75 Å². The van der Waals surface area contributed by atoms with Crippen LogP contribution in [0, 0.1) is 17.6 Å². The number of hydrogen-bond donors (Lipinski definition) is 2. The summed E-state index contributed by atoms with van der Waals surface area (Å²) in [6, 6.07) is 6.17. The van der Waals surface area contributed by atoms with E-state index in [0.29, 0.717) is 35.3 Å². The van der Waals surface area contributed by atoms with Crippen LogP contribution in [-0.4, -0.2) is 93.6 Å². The Morgan fingerprint density at radius 1 is 0.877 bits per heavy atom. The Balaban J connectivity index is 0.819. The number of imide groups is 2. The van der Waals surface area contributed by atoms with Gasteiger partial charge in [-0.1, -0.05) is 23.2 Å². The molecule has 2 aromatic carbocycles. The van der Waals surface area contributed by atoms with E-state index in [1.807, 2.05) is 21.8 Å². The number of fused-ring (bicyclic) bond motifs is 1. The molecule has 4 amide bonds. The maximum Gasteiger partial charge on any atom is 0.262 e. The zero-order valence-electron chi connectivity index (χ0n) is 30.9. The fourth-order valence-electron chi connectivity index (χ4n) is 8.33. The van der Waals surface area contributed by atoms with Crippen LogP contribution in [0.3, 0.4) is 0 Å². The number of nitrogens with two attached hydrogens (primary N) is 1. The lowest BCUT2D eigenvalue weighted by Crippen LogP contribution is -2.54. The van der Waals surface area contributed by atoms with E-state index in [2.05, 4.69) is 20.3 Å². The first-order valence-corrected chi connectivity index (χ1v) is 19.8. The summed E-state index contributed by atoms with van der Waals surface area (Å²) in [5.74, 6) is -2.54. The second-order valence-corrected chi connectivity index (χ2v) is 15.8. The number of ether oxygens (including phenoxy) is 1. The number of hydrogen-bond acceptors (Lipinski definition) is 10. The normalized spacial score (nSPS) is 21.6. The average molecular weight is 822 g/mol. The van der Waals surface area contributed by atoms with Crippen molar-refractivity contribution in [3.8, 4) is 16.9 Å². The molecule has 57 heavy (non-hydrogen) atoms. The highest BCUT2D eigenvalue weighted by molar-refractivity contribution is 6.36. The predicted molar refractivity (Wildman–Crippen MR) is 208 cm³/mol. The molecule has 0 spiro atoms. The number of benzene rings is 2. The van der Waals surface area contributed by atoms with E-state index in [1.165, 1.54) is 18.2 Å². The van der Waals surface area contributed by atoms with E-state index in [0.717, 1.165) is 67.4 Å². The number of carbonyl (C=O) groups is 4. The highest BCUT2D eigenvalue weighted by atomic mass is 35.5. The van der Waals surface area contributed by atoms with Gasteiger partial charge in [0.15, 0.2) is 11.6 Å². The van der Waals surface area contributed by atoms with Gasteiger partial charge in [0.2, 0.25) is 11.8 Å². The van der Waals surface area contributed by atoms with Crippen LogP contribution in [-0.2, 0) is 16.0 Å². The van der Waals surface area contributed by atoms with Crippen molar-refractivity contribution >= 4 is 58.3 Å². The number of aromatic nitrogens is 3. The van der Waals surface area contributed by atoms with Gasteiger partial charge in [-0.15, -0.1) is 0 Å². The van der Waals surface area contributed by atoms with Crippen molar-refractivity contribution in [2.45, 2.75) is 57.0 Å². The molecule has 2 aromatic heterocycles. The van der Waals surface area contributed by atoms with E-state index in [4.69, 9.17) is 33.7 Å². The molecule has 0 radical (unpaired) electrons. The number of piperidine rings is 1. The van der Waals surface area contributed by atoms with Crippen molar-refractivity contribution in [1.29, 1.82) is 0 Å². The van der Waals surface area contributed by atoms with Gasteiger partial charge in [-0.3, -0.25) is 39.0 Å². The van der Waals surface area contributed by atoms with Crippen LogP contribution >= 0.6 is 23.2 Å². The molecule has 4 aromatic rings. The minimum atomic E-state index is -1.10. The molecular weight excluding hydrogens is 781 g/mol. The van der Waals surface area contributed by atoms with Gasteiger partial charge in [-0.2, -0.15) is 5.10 Å². The molecule has 1 atom stereocenters. The van der Waals surface area contributed by atoms with Crippen LogP contribution in [0.2, 0.25) is 10.0 Å². The number of carbonyl (C=O) groups excluding carboxylic acids is 4. The molecule has 1 saturated carbocycles. The van der Waals surface area contributed by atoms with Crippen LogP contribution in [0.25, 0.3) is 11.1 Å². The fourth-order valence-corrected chi connectivity index (χ4v) is 8.89. The number of pyridine rings is 1. The van der Waals surface area contributed by atoms with E-state index in [9.17, 15) is 23.6 Å². The second-order valence-electron chi connectivity index (χ2n) is 15.0. The minimum Gasteiger partial charge on any atom is -0.489 e. The van der Waals surface area contributed by atoms with Crippen LogP contribution in [0.1, 0.15) is 70.8 Å². The van der Waals surface area contributed by atoms with E-state index in [-0.39, 0.29) is 59.6 Å². The lowest BCUT2D eigenvalue weighted by atomic mass is 9.85. The molecule has 0 unspecified atom stereocenters. The molecule has 3 aliphatic heterocycles. The molecule has 298 valence electrons. The number of nitrogens with zero attached hydrogens (tertiary/aromatic N) is 6. The van der Waals surface area contributed by atoms with Gasteiger partial charge in [0.25, 0.3) is 11.8 Å². The van der Waals surface area contributed by atoms with E-state index in [1.54, 1.807) is 12.4 Å². The second kappa shape index (κ2) is 16.0. The van der Waals surface area contributed by atoms with Gasteiger partial charge >= 0.3 is 0 Å². The van der Waals surface area contributed by atoms with Crippen LogP contribution < -0.4 is 20.7 Å². The first kappa shape index (κ1) is 38.7. The number of rotatable bonds is 10. The summed E-state index contributed by atoms with van der Waals surface area (Å²) in [7, 11) is 0. The minimum absolute atomic E-state index is 0.0132. The molecule has 3 N–H and O–H groups in total. The monoisotopic (exact) mass is 820 g/mol. The van der Waals surface area contributed by atoms with E-state index < -0.39 is 41.3 Å². The van der Waals surface area contributed by atoms with Gasteiger partial charge in [-0.25, -0.2) is 13.8 Å². The number of nitrogen functional groups attached to an aromatic ring is 1. The zero-order chi connectivity index (χ0) is 40.0. The number of anilines is 2. The molecular formula is C40H40Cl2F2N8O5. The Hall–Kier alpha value is -5.12. The fraction of sp³-hybridized carbons (Fsp3) is 0.400. The molecule has 4 aliphatic rings. The zero-order valence-corrected chi connectivity index (χ0v) is 32.4. The SMILES string of the molecule is Nc1ncc(-c2cnn(C3CCC(CN4CCN(c5cc6c(cc5F)C(=O)N([C@@H]5CCC(=O)NC5=O)C6=O)CC4)CC3)c2)cc1OCCc1c(Cl)ccc(F)c1Cl. The summed E-state index contributed by atoms with van der Waals surface area (Å²) >= 11 is 12.3. The van der Waals surface area contributed by atoms with Gasteiger partial charge in [0.1, 0.15) is 17.7 Å². The third-order valence-corrected chi connectivity index (χ3v) is 12.3. The van der Waals surface area contributed by atoms with Crippen molar-refractivity contribution in [2.75, 3.05) is 50.0 Å². The Labute approximate surface area is 337 Å². The summed E-state index contributed by atoms with van der Waals surface area (Å²) in [6.45, 7) is 3.67. The van der Waals surface area contributed by atoms with Crippen LogP contribution in [0.4, 0.5) is 20.3 Å². The first-order chi connectivity index (χ1) is 27.4. The average Bonchev–Trinajstić information content (AvgIpc) is 3.78. The van der Waals surface area contributed by atoms with Gasteiger partial charge in [0.05, 0.1) is 40.7 Å². The maximum atomic E-state index is 15.4. The Morgan fingerprint density at radius 3 is 2.35 bits per heavy atom. The molecule has 13 nitrogen and oxygen atoms in total. The molecule has 17 heteroatoms. The third kappa shape index (κ3) is 7.80. The number of halogens is 4. The number of nitrogens with one attached hydrogen (secondary N) is 1. The molecule has 8 rings (SSSR count). The van der Waals surface area contributed by atoms with Crippen molar-refractivity contribution in [3.63, 3.8) is 0 Å². The highest BCUT2D eigenvalue weighted by Crippen LogP contribution is 2.36. The summed E-state index contributed by atoms with van der Waals surface area (Å²) in [4.78, 5) is 59.9. The first-order valence-electron chi connectivity index (χ1n) is 19.0. The Bertz CT molecular complexity index is 2260. The standard InChI is InChI=1S/C40H40Cl2F2N8O5/c41-29-5-6-30(43)36(42)26(29)9-14-57-34-15-23(18-46-37(34)45)24-19-47-51(21-24)25-3-1-22(2-4-25)20-49-10-12-50(13-11-49)33-17-28-27(16-31(33)44)39(55)52(40(28)56)32-7-8-35(53)48-38(32)54/h5-6,15-19,21-22,25,32H,1-4,7-14,20H2,(H2,45,46)(H,48,53,54)/t22?,25?,32-/m1/s1. The van der Waals surface area contributed by atoms with Crippen LogP contribution in [0.15, 0.2) is 48.9 Å². The van der Waals surface area contributed by atoms with Crippen molar-refractivity contribution in [3.05, 3.63) is 87.3 Å². The van der Waals surface area contributed by atoms with Gasteiger partial charge in [0, 0.05) is 74.1 Å². The van der Waals surface area contributed by atoms with Crippen molar-refractivity contribution < 1.29 is 32.7 Å². The smallest absolute Gasteiger partial charge is 0.262 e. The topological polar surface area (TPSA) is 156 Å². The molecule has 5 heterocycles. The van der Waals surface area contributed by atoms with Crippen molar-refractivity contribution in [2.24, 2.45) is 5.92 Å². The van der Waals surface area contributed by atoms with Gasteiger partial charge in [-0.05, 0) is 73.9 Å². The predicted octanol–water partition coefficient (Wildman–Crippen LogP) is 5.69. The summed E-state index contributed by atoms with van der Waals surface area (Å²) in [5.41, 5.74) is 8.50. The van der Waals surface area contributed by atoms with E-state index >= 15 is 4.39 Å². The lowest BCUT2D eigenvalue weighted by molar-refractivity contribution is -0.136. The summed E-state index contributed by atoms with van der Waals surface area (Å²) < 4.78 is 37.3.